The van der Waals surface area contributed by atoms with Crippen LogP contribution in [0.5, 0.6) is 0 Å². The molecule has 0 saturated heterocycles. The van der Waals surface area contributed by atoms with Crippen molar-refractivity contribution >= 4 is 17.0 Å². The third-order valence-electron chi connectivity index (χ3n) is 1.32. The monoisotopic (exact) mass is 163 g/mol. The number of halogens is 1. The van der Waals surface area contributed by atoms with Gasteiger partial charge in [0.2, 0.25) is 0 Å². The van der Waals surface area contributed by atoms with E-state index in [1.54, 1.807) is 0 Å². The lowest BCUT2D eigenvalue weighted by atomic mass is 10.0. The van der Waals surface area contributed by atoms with Gasteiger partial charge in [-0.2, -0.15) is 0 Å². The quantitative estimate of drug-likeness (QED) is 0.516. The Morgan fingerprint density at radius 3 is 1.57 bits per heavy atom. The van der Waals surface area contributed by atoms with E-state index in [2.05, 4.69) is 6.42 Å². The summed E-state index contributed by atoms with van der Waals surface area (Å²) in [6.07, 6.45) is 9.50. The molecule has 1 radical (unpaired) electrons. The maximum atomic E-state index is 2.39. The summed E-state index contributed by atoms with van der Waals surface area (Å²) in [4.78, 5) is 0. The van der Waals surface area contributed by atoms with Crippen LogP contribution in [0.3, 0.4) is 0 Å². The molecule has 0 spiro atoms. The van der Waals surface area contributed by atoms with Crippen LogP contribution in [0, 0.1) is 6.42 Å². The molecule has 1 heteroatoms. The summed E-state index contributed by atoms with van der Waals surface area (Å²) < 4.78 is 0. The second-order valence-electron chi connectivity index (χ2n) is 1.93. The lowest BCUT2D eigenvalue weighted by Crippen LogP contribution is -1.87. The Labute approximate surface area is 56.1 Å². The van der Waals surface area contributed by atoms with E-state index in [1.807, 2.05) is 0 Å². The third-order valence-corrected chi connectivity index (χ3v) is 1.32. The molecular formula is C6H12Br. The molecule has 1 saturated carbocycles. The molecule has 7 heavy (non-hydrogen) atoms. The minimum Gasteiger partial charge on any atom is -0.114 e. The Balaban J connectivity index is 0.000000360. The Morgan fingerprint density at radius 1 is 0.857 bits per heavy atom. The summed E-state index contributed by atoms with van der Waals surface area (Å²) in [5.41, 5.74) is 0. The zero-order chi connectivity index (χ0) is 4.24. The van der Waals surface area contributed by atoms with Crippen molar-refractivity contribution in [1.29, 1.82) is 0 Å². The molecule has 1 aliphatic rings. The normalized spacial score (nSPS) is 20.6. The molecule has 0 unspecified atom stereocenters. The Kier molecular flexibility index (Phi) is 4.95. The predicted molar refractivity (Wildman–Crippen MR) is 37.7 cm³/mol. The first-order valence-corrected chi connectivity index (χ1v) is 2.82. The fourth-order valence-electron chi connectivity index (χ4n) is 0.898. The van der Waals surface area contributed by atoms with Crippen molar-refractivity contribution in [2.45, 2.75) is 32.1 Å². The van der Waals surface area contributed by atoms with E-state index in [-0.39, 0.29) is 17.0 Å². The Bertz CT molecular complexity index is 19.7. The van der Waals surface area contributed by atoms with Crippen LogP contribution < -0.4 is 0 Å². The molecule has 0 heterocycles. The van der Waals surface area contributed by atoms with Gasteiger partial charge in [-0.3, -0.25) is 0 Å². The zero-order valence-corrected chi connectivity index (χ0v) is 6.23. The molecule has 1 aliphatic carbocycles. The van der Waals surface area contributed by atoms with Gasteiger partial charge in [0, 0.05) is 0 Å². The summed E-state index contributed by atoms with van der Waals surface area (Å²) in [6, 6.07) is 0. The largest absolute Gasteiger partial charge is 0.114 e. The molecule has 0 aromatic rings. The van der Waals surface area contributed by atoms with E-state index >= 15 is 0 Å². The molecule has 0 aromatic carbocycles. The maximum absolute atomic E-state index is 2.39. The van der Waals surface area contributed by atoms with Crippen LogP contribution in [0.2, 0.25) is 0 Å². The number of hydrogen-bond donors (Lipinski definition) is 0. The smallest absolute Gasteiger partial charge is 0.0386 e. The molecule has 43 valence electrons. The van der Waals surface area contributed by atoms with E-state index in [4.69, 9.17) is 0 Å². The van der Waals surface area contributed by atoms with Gasteiger partial charge >= 0.3 is 0 Å². The number of hydrogen-bond acceptors (Lipinski definition) is 0. The van der Waals surface area contributed by atoms with Gasteiger partial charge in [-0.1, -0.05) is 32.1 Å². The van der Waals surface area contributed by atoms with Crippen LogP contribution in [0.4, 0.5) is 0 Å². The van der Waals surface area contributed by atoms with Crippen LogP contribution in [0.1, 0.15) is 32.1 Å². The summed E-state index contributed by atoms with van der Waals surface area (Å²) in [6.45, 7) is 0. The van der Waals surface area contributed by atoms with Crippen molar-refractivity contribution < 1.29 is 0 Å². The lowest BCUT2D eigenvalue weighted by molar-refractivity contribution is 0.593. The fourth-order valence-corrected chi connectivity index (χ4v) is 0.898. The minimum atomic E-state index is 0. The average molecular weight is 164 g/mol. The highest BCUT2D eigenvalue weighted by atomic mass is 79.9. The molecule has 0 bridgehead atoms. The average Bonchev–Trinajstić information content (AvgIpc) is 1.72. The minimum absolute atomic E-state index is 0. The van der Waals surface area contributed by atoms with Crippen LogP contribution in [-0.4, -0.2) is 0 Å². The van der Waals surface area contributed by atoms with Crippen molar-refractivity contribution in [3.8, 4) is 0 Å². The van der Waals surface area contributed by atoms with Gasteiger partial charge in [0.15, 0.2) is 0 Å². The molecule has 0 amide bonds. The van der Waals surface area contributed by atoms with Crippen LogP contribution >= 0.6 is 17.0 Å². The van der Waals surface area contributed by atoms with Gasteiger partial charge in [0.05, 0.1) is 0 Å². The van der Waals surface area contributed by atoms with Gasteiger partial charge in [0.1, 0.15) is 0 Å². The molecule has 0 atom stereocenters. The summed E-state index contributed by atoms with van der Waals surface area (Å²) in [5.74, 6) is 0. The molecule has 0 nitrogen and oxygen atoms in total. The standard InChI is InChI=1S/C6H11.BrH/c1-2-4-6-5-3-1;/h1H,2-6H2;1H. The second kappa shape index (κ2) is 4.63. The van der Waals surface area contributed by atoms with Gasteiger partial charge in [-0.05, 0) is 6.42 Å². The number of rotatable bonds is 0. The first-order chi connectivity index (χ1) is 3.00. The topological polar surface area (TPSA) is 0 Å². The Morgan fingerprint density at radius 2 is 1.43 bits per heavy atom. The SMILES string of the molecule is Br.[CH]1CCCCC1. The van der Waals surface area contributed by atoms with Crippen molar-refractivity contribution in [1.82, 2.24) is 0 Å². The Hall–Kier alpha value is 0.480. The molecular weight excluding hydrogens is 152 g/mol. The van der Waals surface area contributed by atoms with E-state index in [0.29, 0.717) is 0 Å². The predicted octanol–water partition coefficient (Wildman–Crippen LogP) is 2.73. The van der Waals surface area contributed by atoms with Crippen molar-refractivity contribution in [3.05, 3.63) is 6.42 Å². The second-order valence-corrected chi connectivity index (χ2v) is 1.93. The highest BCUT2D eigenvalue weighted by molar-refractivity contribution is 8.93. The molecule has 1 rings (SSSR count). The summed E-state index contributed by atoms with van der Waals surface area (Å²) in [7, 11) is 0. The van der Waals surface area contributed by atoms with Gasteiger partial charge in [-0.15, -0.1) is 17.0 Å². The van der Waals surface area contributed by atoms with E-state index in [9.17, 15) is 0 Å². The molecule has 0 N–H and O–H groups in total. The molecule has 0 aromatic heterocycles. The highest BCUT2D eigenvalue weighted by Crippen LogP contribution is 2.14. The van der Waals surface area contributed by atoms with Gasteiger partial charge < -0.3 is 0 Å². The van der Waals surface area contributed by atoms with Crippen LogP contribution in [-0.2, 0) is 0 Å². The summed E-state index contributed by atoms with van der Waals surface area (Å²) >= 11 is 0. The summed E-state index contributed by atoms with van der Waals surface area (Å²) in [5, 5.41) is 0. The van der Waals surface area contributed by atoms with Crippen molar-refractivity contribution in [3.63, 3.8) is 0 Å². The van der Waals surface area contributed by atoms with E-state index in [1.165, 1.54) is 32.1 Å². The maximum Gasteiger partial charge on any atom is -0.0386 e. The van der Waals surface area contributed by atoms with Crippen LogP contribution in [0.25, 0.3) is 0 Å². The van der Waals surface area contributed by atoms with E-state index < -0.39 is 0 Å². The van der Waals surface area contributed by atoms with Crippen LogP contribution in [0.15, 0.2) is 0 Å². The van der Waals surface area contributed by atoms with Gasteiger partial charge in [-0.25, -0.2) is 0 Å². The highest BCUT2D eigenvalue weighted by Gasteiger charge is 1.95. The zero-order valence-electron chi connectivity index (χ0n) is 4.52. The van der Waals surface area contributed by atoms with E-state index in [0.717, 1.165) is 0 Å². The third kappa shape index (κ3) is 3.10. The van der Waals surface area contributed by atoms with Gasteiger partial charge in [0.25, 0.3) is 0 Å². The lowest BCUT2D eigenvalue weighted by Gasteiger charge is -2.05. The molecule has 1 fully saturated rings. The first kappa shape index (κ1) is 7.48. The molecule has 0 aliphatic heterocycles. The fraction of sp³-hybridized carbons (Fsp3) is 0.833. The first-order valence-electron chi connectivity index (χ1n) is 2.82. The van der Waals surface area contributed by atoms with Crippen molar-refractivity contribution in [2.75, 3.05) is 0 Å². The van der Waals surface area contributed by atoms with Crippen molar-refractivity contribution in [2.24, 2.45) is 0 Å².